The van der Waals surface area contributed by atoms with Gasteiger partial charge in [0.2, 0.25) is 5.91 Å². The standard InChI is InChI=1S/C26H23F8NO6S2/c27-19-5-7-20(8-6-19)43(40,41)23(17-1-3-18(4-2-17)24(28,25(29,30)31)26(32,33)34)9-12-35(15-23)21(37)22(16-36)10-13-42(38,39)14-11-22/h1-8,16H,9-15H2. The van der Waals surface area contributed by atoms with Gasteiger partial charge in [0.25, 0.3) is 0 Å². The van der Waals surface area contributed by atoms with Crippen molar-refractivity contribution < 1.29 is 61.5 Å². The van der Waals surface area contributed by atoms with Gasteiger partial charge in [-0.3, -0.25) is 4.79 Å². The quantitative estimate of drug-likeness (QED) is 0.197. The highest BCUT2D eigenvalue weighted by Gasteiger charge is 2.73. The number of sulfone groups is 2. The molecule has 236 valence electrons. The number of benzene rings is 2. The zero-order chi connectivity index (χ0) is 32.3. The molecule has 2 saturated heterocycles. The second kappa shape index (κ2) is 10.5. The van der Waals surface area contributed by atoms with Crippen molar-refractivity contribution in [3.05, 3.63) is 65.5 Å². The van der Waals surface area contributed by atoms with Gasteiger partial charge in [-0.1, -0.05) is 24.3 Å². The Bertz CT molecular complexity index is 1590. The van der Waals surface area contributed by atoms with Gasteiger partial charge >= 0.3 is 18.0 Å². The van der Waals surface area contributed by atoms with E-state index in [1.807, 2.05) is 0 Å². The molecule has 0 spiro atoms. The fourth-order valence-corrected chi connectivity index (χ4v) is 9.13. The van der Waals surface area contributed by atoms with Crippen LogP contribution in [0.4, 0.5) is 35.1 Å². The molecule has 0 aromatic heterocycles. The summed E-state index contributed by atoms with van der Waals surface area (Å²) in [4.78, 5) is 26.1. The lowest BCUT2D eigenvalue weighted by Crippen LogP contribution is -2.50. The predicted molar refractivity (Wildman–Crippen MR) is 134 cm³/mol. The van der Waals surface area contributed by atoms with Crippen LogP contribution in [-0.4, -0.2) is 70.9 Å². The van der Waals surface area contributed by atoms with Crippen molar-refractivity contribution in [2.45, 2.75) is 46.9 Å². The molecule has 43 heavy (non-hydrogen) atoms. The molecule has 2 fully saturated rings. The highest BCUT2D eigenvalue weighted by molar-refractivity contribution is 7.92. The topological polar surface area (TPSA) is 106 Å². The van der Waals surface area contributed by atoms with Crippen LogP contribution in [0.2, 0.25) is 0 Å². The minimum absolute atomic E-state index is 0.154. The molecule has 4 rings (SSSR count). The Morgan fingerprint density at radius 1 is 0.837 bits per heavy atom. The SMILES string of the molecule is O=CC1(C(=O)N2CCC(c3ccc(C(F)(C(F)(F)F)C(F)(F)F)cc3)(S(=O)(=O)c3ccc(F)cc3)C2)CCS(=O)(=O)CC1. The van der Waals surface area contributed by atoms with E-state index >= 15 is 0 Å². The van der Waals surface area contributed by atoms with Crippen LogP contribution in [0, 0.1) is 11.2 Å². The fraction of sp³-hybridized carbons (Fsp3) is 0.462. The van der Waals surface area contributed by atoms with Crippen molar-refractivity contribution in [3.63, 3.8) is 0 Å². The molecule has 2 heterocycles. The number of aldehydes is 1. The van der Waals surface area contributed by atoms with Crippen LogP contribution < -0.4 is 0 Å². The maximum atomic E-state index is 14.7. The molecule has 1 unspecified atom stereocenters. The summed E-state index contributed by atoms with van der Waals surface area (Å²) in [6.45, 7) is -1.10. The summed E-state index contributed by atoms with van der Waals surface area (Å²) in [6, 6.07) is 4.83. The molecule has 0 N–H and O–H groups in total. The first kappa shape index (κ1) is 32.8. The van der Waals surface area contributed by atoms with Crippen LogP contribution in [0.3, 0.4) is 0 Å². The van der Waals surface area contributed by atoms with Crippen LogP contribution >= 0.6 is 0 Å². The minimum Gasteiger partial charge on any atom is -0.340 e. The molecular weight excluding hydrogens is 638 g/mol. The number of carbonyl (C=O) groups is 2. The molecule has 2 aliphatic rings. The Kier molecular flexibility index (Phi) is 8.03. The number of alkyl halides is 7. The van der Waals surface area contributed by atoms with Crippen LogP contribution in [0.15, 0.2) is 53.4 Å². The van der Waals surface area contributed by atoms with Gasteiger partial charge < -0.3 is 9.69 Å². The van der Waals surface area contributed by atoms with Gasteiger partial charge in [-0.15, -0.1) is 0 Å². The number of hydrogen-bond acceptors (Lipinski definition) is 6. The Hall–Kier alpha value is -3.08. The average Bonchev–Trinajstić information content (AvgIpc) is 3.39. The van der Waals surface area contributed by atoms with Crippen molar-refractivity contribution in [2.75, 3.05) is 24.6 Å². The maximum absolute atomic E-state index is 14.7. The maximum Gasteiger partial charge on any atom is 0.435 e. The van der Waals surface area contributed by atoms with Crippen LogP contribution in [0.1, 0.15) is 30.4 Å². The Balaban J connectivity index is 1.82. The lowest BCUT2D eigenvalue weighted by atomic mass is 9.82. The van der Waals surface area contributed by atoms with Crippen LogP contribution in [0.25, 0.3) is 0 Å². The zero-order valence-electron chi connectivity index (χ0n) is 21.9. The van der Waals surface area contributed by atoms with E-state index in [1.54, 1.807) is 0 Å². The number of amides is 1. The van der Waals surface area contributed by atoms with E-state index in [-0.39, 0.29) is 37.8 Å². The van der Waals surface area contributed by atoms with E-state index < -0.39 is 100 Å². The van der Waals surface area contributed by atoms with E-state index in [2.05, 4.69) is 0 Å². The lowest BCUT2D eigenvalue weighted by molar-refractivity contribution is -0.348. The van der Waals surface area contributed by atoms with Crippen molar-refractivity contribution in [3.8, 4) is 0 Å². The Morgan fingerprint density at radius 2 is 1.35 bits per heavy atom. The molecule has 0 radical (unpaired) electrons. The first-order valence-corrected chi connectivity index (χ1v) is 15.9. The smallest absolute Gasteiger partial charge is 0.340 e. The molecule has 1 amide bonds. The Morgan fingerprint density at radius 3 is 1.81 bits per heavy atom. The molecule has 0 saturated carbocycles. The van der Waals surface area contributed by atoms with Gasteiger partial charge in [-0.05, 0) is 49.1 Å². The summed E-state index contributed by atoms with van der Waals surface area (Å²) in [5.74, 6) is -2.70. The van der Waals surface area contributed by atoms with E-state index in [4.69, 9.17) is 0 Å². The molecular formula is C26H23F8NO6S2. The molecule has 2 aromatic carbocycles. The van der Waals surface area contributed by atoms with Gasteiger partial charge in [0, 0.05) is 18.7 Å². The molecule has 2 aromatic rings. The van der Waals surface area contributed by atoms with Crippen molar-refractivity contribution >= 4 is 31.9 Å². The summed E-state index contributed by atoms with van der Waals surface area (Å²) < 4.78 is 158. The third kappa shape index (κ3) is 5.31. The van der Waals surface area contributed by atoms with Crippen LogP contribution in [0.5, 0.6) is 0 Å². The number of likely N-dealkylation sites (tertiary alicyclic amines) is 1. The largest absolute Gasteiger partial charge is 0.435 e. The predicted octanol–water partition coefficient (Wildman–Crippen LogP) is 4.41. The Labute approximate surface area is 240 Å². The molecule has 2 aliphatic heterocycles. The first-order valence-electron chi connectivity index (χ1n) is 12.6. The monoisotopic (exact) mass is 661 g/mol. The fourth-order valence-electron chi connectivity index (χ4n) is 5.50. The van der Waals surface area contributed by atoms with Crippen molar-refractivity contribution in [1.82, 2.24) is 4.90 Å². The first-order chi connectivity index (χ1) is 19.7. The second-order valence-corrected chi connectivity index (χ2v) is 15.1. The normalized spacial score (nSPS) is 22.7. The summed E-state index contributed by atoms with van der Waals surface area (Å²) >= 11 is 0. The molecule has 0 aliphatic carbocycles. The van der Waals surface area contributed by atoms with E-state index in [0.29, 0.717) is 12.1 Å². The molecule has 7 nitrogen and oxygen atoms in total. The summed E-state index contributed by atoms with van der Waals surface area (Å²) in [5.41, 5.74) is -9.84. The van der Waals surface area contributed by atoms with Gasteiger partial charge in [0.1, 0.15) is 32.1 Å². The van der Waals surface area contributed by atoms with E-state index in [0.717, 1.165) is 29.2 Å². The summed E-state index contributed by atoms with van der Waals surface area (Å²) in [5, 5.41) is 0. The summed E-state index contributed by atoms with van der Waals surface area (Å²) in [7, 11) is -8.23. The lowest BCUT2D eigenvalue weighted by Gasteiger charge is -2.35. The molecule has 1 atom stereocenters. The van der Waals surface area contributed by atoms with Crippen LogP contribution in [-0.2, 0) is 39.7 Å². The highest BCUT2D eigenvalue weighted by atomic mass is 32.2. The van der Waals surface area contributed by atoms with E-state index in [9.17, 15) is 61.5 Å². The van der Waals surface area contributed by atoms with Crippen molar-refractivity contribution in [1.29, 1.82) is 0 Å². The third-order valence-electron chi connectivity index (χ3n) is 8.12. The second-order valence-electron chi connectivity index (χ2n) is 10.6. The average molecular weight is 662 g/mol. The highest BCUT2D eigenvalue weighted by Crippen LogP contribution is 2.54. The third-order valence-corrected chi connectivity index (χ3v) is 12.3. The number of hydrogen-bond donors (Lipinski definition) is 0. The van der Waals surface area contributed by atoms with E-state index in [1.165, 1.54) is 0 Å². The minimum atomic E-state index is -6.42. The van der Waals surface area contributed by atoms with Gasteiger partial charge in [-0.25, -0.2) is 25.6 Å². The zero-order valence-corrected chi connectivity index (χ0v) is 23.5. The van der Waals surface area contributed by atoms with Gasteiger partial charge in [0.05, 0.1) is 16.4 Å². The molecule has 17 heteroatoms. The van der Waals surface area contributed by atoms with Gasteiger partial charge in [-0.2, -0.15) is 26.3 Å². The number of rotatable bonds is 6. The number of halogens is 8. The summed E-state index contributed by atoms with van der Waals surface area (Å²) in [6.07, 6.45) is -13.8. The number of carbonyl (C=O) groups excluding carboxylic acids is 2. The van der Waals surface area contributed by atoms with Gasteiger partial charge in [0.15, 0.2) is 9.84 Å². The number of nitrogens with zero attached hydrogens (tertiary/aromatic N) is 1. The molecule has 0 bridgehead atoms. The van der Waals surface area contributed by atoms with Crippen molar-refractivity contribution in [2.24, 2.45) is 5.41 Å².